The fourth-order valence-corrected chi connectivity index (χ4v) is 0.944. The Balaban J connectivity index is 2.75. The van der Waals surface area contributed by atoms with Crippen molar-refractivity contribution in [2.45, 2.75) is 20.5 Å². The maximum Gasteiger partial charge on any atom is 0.303 e. The fourth-order valence-electron chi connectivity index (χ4n) is 0.944. The van der Waals surface area contributed by atoms with Crippen LogP contribution in [0.5, 0.6) is 0 Å². The molecule has 0 aliphatic heterocycles. The average molecular weight is 182 g/mol. The van der Waals surface area contributed by atoms with Crippen molar-refractivity contribution in [3.8, 4) is 0 Å². The standard InChI is InChI=1S/C9H12NO3/c1-7-3-4-10(12)9(5-7)6-13-8(2)11/h3-5,12H,6H2,1-2H3/q+1. The molecule has 13 heavy (non-hydrogen) atoms. The van der Waals surface area contributed by atoms with E-state index in [1.165, 1.54) is 13.1 Å². The molecule has 0 saturated carbocycles. The van der Waals surface area contributed by atoms with Gasteiger partial charge in [0.25, 0.3) is 5.69 Å². The Hall–Kier alpha value is -1.58. The van der Waals surface area contributed by atoms with E-state index in [0.717, 1.165) is 10.3 Å². The minimum atomic E-state index is -0.360. The van der Waals surface area contributed by atoms with Gasteiger partial charge in [-0.15, -0.1) is 0 Å². The molecule has 4 heteroatoms. The van der Waals surface area contributed by atoms with E-state index in [1.54, 1.807) is 12.1 Å². The van der Waals surface area contributed by atoms with Crippen LogP contribution in [0, 0.1) is 6.92 Å². The van der Waals surface area contributed by atoms with Crippen LogP contribution in [-0.4, -0.2) is 11.2 Å². The molecule has 0 unspecified atom stereocenters. The quantitative estimate of drug-likeness (QED) is 0.413. The highest BCUT2D eigenvalue weighted by Gasteiger charge is 2.10. The van der Waals surface area contributed by atoms with Gasteiger partial charge in [-0.2, -0.15) is 0 Å². The summed E-state index contributed by atoms with van der Waals surface area (Å²) in [4.78, 5) is 10.5. The number of carbonyl (C=O) groups is 1. The molecule has 0 aliphatic carbocycles. The summed E-state index contributed by atoms with van der Waals surface area (Å²) in [7, 11) is 0. The summed E-state index contributed by atoms with van der Waals surface area (Å²) in [6, 6.07) is 3.51. The molecule has 1 aromatic rings. The van der Waals surface area contributed by atoms with E-state index in [9.17, 15) is 10.0 Å². The predicted octanol–water partition coefficient (Wildman–Crippen LogP) is 0.583. The Kier molecular flexibility index (Phi) is 2.84. The zero-order valence-electron chi connectivity index (χ0n) is 7.65. The lowest BCUT2D eigenvalue weighted by Gasteiger charge is -1.98. The highest BCUT2D eigenvalue weighted by Crippen LogP contribution is 1.99. The first-order valence-corrected chi connectivity index (χ1v) is 3.93. The van der Waals surface area contributed by atoms with Crippen LogP contribution in [0.1, 0.15) is 18.2 Å². The van der Waals surface area contributed by atoms with Gasteiger partial charge >= 0.3 is 5.97 Å². The minimum absolute atomic E-state index is 0.0908. The summed E-state index contributed by atoms with van der Waals surface area (Å²) < 4.78 is 5.68. The molecule has 0 aliphatic rings. The van der Waals surface area contributed by atoms with Crippen molar-refractivity contribution < 1.29 is 19.5 Å². The minimum Gasteiger partial charge on any atom is -0.454 e. The van der Waals surface area contributed by atoms with Crippen molar-refractivity contribution >= 4 is 5.97 Å². The molecule has 0 fully saturated rings. The molecule has 0 aromatic carbocycles. The predicted molar refractivity (Wildman–Crippen MR) is 44.0 cm³/mol. The Bertz CT molecular complexity index is 323. The van der Waals surface area contributed by atoms with E-state index in [0.29, 0.717) is 5.69 Å². The smallest absolute Gasteiger partial charge is 0.303 e. The van der Waals surface area contributed by atoms with Crippen LogP contribution >= 0.6 is 0 Å². The number of pyridine rings is 1. The van der Waals surface area contributed by atoms with Crippen LogP contribution < -0.4 is 4.73 Å². The zero-order valence-corrected chi connectivity index (χ0v) is 7.65. The number of rotatable bonds is 2. The van der Waals surface area contributed by atoms with Gasteiger partial charge in [0.05, 0.1) is 0 Å². The molecule has 1 N–H and O–H groups in total. The van der Waals surface area contributed by atoms with Crippen molar-refractivity contribution in [3.63, 3.8) is 0 Å². The third-order valence-corrected chi connectivity index (χ3v) is 1.59. The molecule has 1 aromatic heterocycles. The van der Waals surface area contributed by atoms with E-state index in [1.807, 2.05) is 6.92 Å². The number of aromatic nitrogens is 1. The van der Waals surface area contributed by atoms with E-state index < -0.39 is 0 Å². The van der Waals surface area contributed by atoms with E-state index in [-0.39, 0.29) is 12.6 Å². The summed E-state index contributed by atoms with van der Waals surface area (Å²) in [5.41, 5.74) is 1.56. The van der Waals surface area contributed by atoms with Crippen LogP contribution in [0.3, 0.4) is 0 Å². The van der Waals surface area contributed by atoms with Gasteiger partial charge < -0.3 is 4.74 Å². The van der Waals surface area contributed by atoms with Crippen LogP contribution in [0.15, 0.2) is 18.3 Å². The van der Waals surface area contributed by atoms with Crippen LogP contribution in [-0.2, 0) is 16.1 Å². The molecule has 0 saturated heterocycles. The van der Waals surface area contributed by atoms with Gasteiger partial charge in [-0.1, -0.05) is 0 Å². The zero-order chi connectivity index (χ0) is 9.84. The molecular formula is C9H12NO3+. The molecule has 0 amide bonds. The molecule has 0 radical (unpaired) electrons. The molecule has 0 spiro atoms. The molecule has 0 bridgehead atoms. The largest absolute Gasteiger partial charge is 0.454 e. The van der Waals surface area contributed by atoms with Crippen LogP contribution in [0.2, 0.25) is 0 Å². The Morgan fingerprint density at radius 3 is 3.00 bits per heavy atom. The number of hydrogen-bond acceptors (Lipinski definition) is 3. The lowest BCUT2D eigenvalue weighted by atomic mass is 10.2. The van der Waals surface area contributed by atoms with Gasteiger partial charge in [-0.25, -0.2) is 0 Å². The molecule has 4 nitrogen and oxygen atoms in total. The first-order chi connectivity index (χ1) is 6.09. The van der Waals surface area contributed by atoms with E-state index in [2.05, 4.69) is 0 Å². The average Bonchev–Trinajstić information content (AvgIpc) is 2.06. The normalized spacial score (nSPS) is 9.69. The summed E-state index contributed by atoms with van der Waals surface area (Å²) >= 11 is 0. The second-order valence-electron chi connectivity index (χ2n) is 2.82. The van der Waals surface area contributed by atoms with Gasteiger partial charge in [0.1, 0.15) is 0 Å². The lowest BCUT2D eigenvalue weighted by molar-refractivity contribution is -0.910. The molecule has 0 atom stereocenters. The Labute approximate surface area is 76.3 Å². The maximum absolute atomic E-state index is 10.5. The van der Waals surface area contributed by atoms with Crippen LogP contribution in [0.4, 0.5) is 0 Å². The Morgan fingerprint density at radius 2 is 2.38 bits per heavy atom. The number of nitrogens with zero attached hydrogens (tertiary/aromatic N) is 1. The molecule has 1 rings (SSSR count). The van der Waals surface area contributed by atoms with Crippen LogP contribution in [0.25, 0.3) is 0 Å². The number of aryl methyl sites for hydroxylation is 1. The molecular weight excluding hydrogens is 170 g/mol. The summed E-state index contributed by atoms with van der Waals surface area (Å²) in [5, 5.41) is 9.27. The van der Waals surface area contributed by atoms with Gasteiger partial charge in [-0.05, 0) is 12.5 Å². The van der Waals surface area contributed by atoms with E-state index >= 15 is 0 Å². The third-order valence-electron chi connectivity index (χ3n) is 1.59. The number of esters is 1. The van der Waals surface area contributed by atoms with E-state index in [4.69, 9.17) is 4.74 Å². The second kappa shape index (κ2) is 3.89. The van der Waals surface area contributed by atoms with Gasteiger partial charge in [0.2, 0.25) is 6.20 Å². The SMILES string of the molecule is CC(=O)OCc1cc(C)cc[n+]1O. The monoisotopic (exact) mass is 182 g/mol. The van der Waals surface area contributed by atoms with Crippen molar-refractivity contribution in [1.29, 1.82) is 0 Å². The first-order valence-electron chi connectivity index (χ1n) is 3.93. The summed E-state index contributed by atoms with van der Waals surface area (Å²) in [6.07, 6.45) is 1.51. The van der Waals surface area contributed by atoms with Crippen molar-refractivity contribution in [3.05, 3.63) is 29.6 Å². The van der Waals surface area contributed by atoms with Gasteiger partial charge in [0, 0.05) is 23.8 Å². The van der Waals surface area contributed by atoms with Crippen molar-refractivity contribution in [1.82, 2.24) is 0 Å². The van der Waals surface area contributed by atoms with Crippen molar-refractivity contribution in [2.75, 3.05) is 0 Å². The number of carbonyl (C=O) groups excluding carboxylic acids is 1. The second-order valence-corrected chi connectivity index (χ2v) is 2.82. The first kappa shape index (κ1) is 9.51. The Morgan fingerprint density at radius 1 is 1.69 bits per heavy atom. The highest BCUT2D eigenvalue weighted by molar-refractivity contribution is 5.65. The summed E-state index contributed by atoms with van der Waals surface area (Å²) in [5.74, 6) is -0.360. The number of ether oxygens (including phenoxy) is 1. The highest BCUT2D eigenvalue weighted by atomic mass is 16.5. The summed E-state index contributed by atoms with van der Waals surface area (Å²) in [6.45, 7) is 3.32. The third kappa shape index (κ3) is 2.74. The number of hydrogen-bond donors (Lipinski definition) is 1. The molecule has 70 valence electrons. The van der Waals surface area contributed by atoms with Gasteiger partial charge in [-0.3, -0.25) is 10.0 Å². The van der Waals surface area contributed by atoms with Gasteiger partial charge in [0.15, 0.2) is 6.61 Å². The maximum atomic E-state index is 10.5. The van der Waals surface area contributed by atoms with Crippen molar-refractivity contribution in [2.24, 2.45) is 0 Å². The topological polar surface area (TPSA) is 50.4 Å². The lowest BCUT2D eigenvalue weighted by Crippen LogP contribution is -2.35. The fraction of sp³-hybridized carbons (Fsp3) is 0.333. The molecule has 1 heterocycles.